The van der Waals surface area contributed by atoms with Gasteiger partial charge in [0.2, 0.25) is 5.91 Å². The first-order valence-corrected chi connectivity index (χ1v) is 9.90. The molecule has 0 aliphatic rings. The number of methoxy groups -OCH3 is 1. The Balaban J connectivity index is 1.74. The Morgan fingerprint density at radius 3 is 2.62 bits per heavy atom. The van der Waals surface area contributed by atoms with Crippen molar-refractivity contribution in [2.45, 2.75) is 25.8 Å². The Hall–Kier alpha value is -3.13. The number of nitrogens with zero attached hydrogens (tertiary/aromatic N) is 2. The summed E-state index contributed by atoms with van der Waals surface area (Å²) in [5.41, 5.74) is 4.51. The summed E-state index contributed by atoms with van der Waals surface area (Å²) in [7, 11) is 1.40. The molecule has 1 heterocycles. The van der Waals surface area contributed by atoms with Crippen molar-refractivity contribution in [2.75, 3.05) is 18.2 Å². The number of rotatable bonds is 6. The van der Waals surface area contributed by atoms with E-state index < -0.39 is 4.92 Å². The highest BCUT2D eigenvalue weighted by Crippen LogP contribution is 2.30. The summed E-state index contributed by atoms with van der Waals surface area (Å²) < 4.78 is 5.15. The quantitative estimate of drug-likeness (QED) is 0.355. The van der Waals surface area contributed by atoms with E-state index >= 15 is 0 Å². The number of carbonyl (C=O) groups is 1. The molecular formula is C21H21N3O4S. The fraction of sp³-hybridized carbons (Fsp3) is 0.238. The minimum Gasteiger partial charge on any atom is -0.494 e. The van der Waals surface area contributed by atoms with Crippen LogP contribution < -0.4 is 10.1 Å². The van der Waals surface area contributed by atoms with Crippen LogP contribution in [0.4, 0.5) is 11.4 Å². The van der Waals surface area contributed by atoms with Gasteiger partial charge in [-0.05, 0) is 50.1 Å². The Morgan fingerprint density at radius 2 is 1.93 bits per heavy atom. The third-order valence-corrected chi connectivity index (χ3v) is 5.50. The molecule has 3 aromatic rings. The lowest BCUT2D eigenvalue weighted by molar-refractivity contribution is -0.384. The average molecular weight is 411 g/mol. The number of thioether (sulfide) groups is 1. The number of hydrogen-bond donors (Lipinski definition) is 1. The smallest absolute Gasteiger partial charge is 0.273 e. The number of carbonyl (C=O) groups excluding carboxylic acids is 1. The molecule has 2 aromatic carbocycles. The van der Waals surface area contributed by atoms with Gasteiger partial charge < -0.3 is 10.1 Å². The number of aromatic nitrogens is 1. The number of nitrogens with one attached hydrogen (secondary N) is 1. The highest BCUT2D eigenvalue weighted by Gasteiger charge is 2.14. The zero-order valence-electron chi connectivity index (χ0n) is 16.6. The fourth-order valence-electron chi connectivity index (χ4n) is 3.10. The van der Waals surface area contributed by atoms with Crippen LogP contribution in [0.3, 0.4) is 0 Å². The van der Waals surface area contributed by atoms with Crippen molar-refractivity contribution in [3.05, 3.63) is 63.2 Å². The van der Waals surface area contributed by atoms with Gasteiger partial charge in [-0.15, -0.1) is 0 Å². The number of non-ortho nitro benzene ring substituents is 1. The number of ether oxygens (including phenoxy) is 1. The minimum atomic E-state index is -0.512. The van der Waals surface area contributed by atoms with Crippen LogP contribution in [0, 0.1) is 30.9 Å². The molecule has 7 nitrogen and oxygen atoms in total. The van der Waals surface area contributed by atoms with E-state index in [9.17, 15) is 14.9 Å². The van der Waals surface area contributed by atoms with Crippen LogP contribution in [0.15, 0.2) is 41.4 Å². The van der Waals surface area contributed by atoms with E-state index in [4.69, 9.17) is 9.72 Å². The van der Waals surface area contributed by atoms with E-state index in [2.05, 4.69) is 30.4 Å². The average Bonchev–Trinajstić information content (AvgIpc) is 2.66. The Morgan fingerprint density at radius 1 is 1.17 bits per heavy atom. The molecule has 1 N–H and O–H groups in total. The highest BCUT2D eigenvalue weighted by atomic mass is 32.2. The lowest BCUT2D eigenvalue weighted by Crippen LogP contribution is -2.15. The molecule has 0 spiro atoms. The van der Waals surface area contributed by atoms with Crippen LogP contribution in [-0.2, 0) is 4.79 Å². The molecule has 1 aromatic heterocycles. The number of nitro benzene ring substituents is 1. The van der Waals surface area contributed by atoms with Gasteiger partial charge in [-0.25, -0.2) is 4.98 Å². The molecule has 0 aliphatic heterocycles. The number of amides is 1. The summed E-state index contributed by atoms with van der Waals surface area (Å²) in [5, 5.41) is 15.5. The van der Waals surface area contributed by atoms with Crippen molar-refractivity contribution in [1.82, 2.24) is 4.98 Å². The zero-order valence-corrected chi connectivity index (χ0v) is 17.4. The monoisotopic (exact) mass is 411 g/mol. The molecule has 3 rings (SSSR count). The van der Waals surface area contributed by atoms with Crippen molar-refractivity contribution < 1.29 is 14.5 Å². The summed E-state index contributed by atoms with van der Waals surface area (Å²) in [5.74, 6) is 0.150. The third kappa shape index (κ3) is 4.65. The summed E-state index contributed by atoms with van der Waals surface area (Å²) in [4.78, 5) is 27.5. The van der Waals surface area contributed by atoms with Gasteiger partial charge in [0.15, 0.2) is 0 Å². The first-order chi connectivity index (χ1) is 13.8. The lowest BCUT2D eigenvalue weighted by atomic mass is 10.1. The zero-order chi connectivity index (χ0) is 21.1. The molecule has 0 fully saturated rings. The SMILES string of the molecule is COc1cc([N+](=O)[O-])ccc1NC(=O)CSc1nc2c(C)cc(C)cc2cc1C. The normalized spacial score (nSPS) is 10.8. The van der Waals surface area contributed by atoms with Crippen LogP contribution in [-0.4, -0.2) is 28.7 Å². The lowest BCUT2D eigenvalue weighted by Gasteiger charge is -2.11. The number of hydrogen-bond acceptors (Lipinski definition) is 6. The van der Waals surface area contributed by atoms with Gasteiger partial charge in [0.25, 0.3) is 5.69 Å². The van der Waals surface area contributed by atoms with Gasteiger partial charge in [-0.1, -0.05) is 23.4 Å². The maximum absolute atomic E-state index is 12.4. The molecule has 1 amide bonds. The summed E-state index contributed by atoms with van der Waals surface area (Å²) in [6.45, 7) is 6.06. The first kappa shape index (κ1) is 20.6. The first-order valence-electron chi connectivity index (χ1n) is 8.92. The summed E-state index contributed by atoms with van der Waals surface area (Å²) in [6.07, 6.45) is 0. The highest BCUT2D eigenvalue weighted by molar-refractivity contribution is 8.00. The molecule has 29 heavy (non-hydrogen) atoms. The van der Waals surface area contributed by atoms with Crippen LogP contribution in [0.2, 0.25) is 0 Å². The number of benzene rings is 2. The summed E-state index contributed by atoms with van der Waals surface area (Å²) in [6, 6.07) is 10.3. The molecule has 0 aliphatic carbocycles. The number of fused-ring (bicyclic) bond motifs is 1. The molecule has 0 bridgehead atoms. The topological polar surface area (TPSA) is 94.4 Å². The molecule has 0 radical (unpaired) electrons. The maximum Gasteiger partial charge on any atom is 0.273 e. The van der Waals surface area contributed by atoms with Gasteiger partial charge in [0.1, 0.15) is 10.8 Å². The van der Waals surface area contributed by atoms with E-state index in [0.717, 1.165) is 27.1 Å². The largest absolute Gasteiger partial charge is 0.494 e. The number of nitro groups is 1. The van der Waals surface area contributed by atoms with Crippen LogP contribution in [0.25, 0.3) is 10.9 Å². The van der Waals surface area contributed by atoms with E-state index in [-0.39, 0.29) is 23.1 Å². The molecule has 0 saturated heterocycles. The van der Waals surface area contributed by atoms with Gasteiger partial charge in [0, 0.05) is 11.5 Å². The molecule has 0 unspecified atom stereocenters. The van der Waals surface area contributed by atoms with Crippen LogP contribution in [0.5, 0.6) is 5.75 Å². The van der Waals surface area contributed by atoms with E-state index in [0.29, 0.717) is 5.69 Å². The van der Waals surface area contributed by atoms with Crippen molar-refractivity contribution in [3.63, 3.8) is 0 Å². The molecule has 8 heteroatoms. The number of aryl methyl sites for hydroxylation is 3. The predicted octanol–water partition coefficient (Wildman–Crippen LogP) is 4.81. The van der Waals surface area contributed by atoms with E-state index in [1.165, 1.54) is 42.6 Å². The molecular weight excluding hydrogens is 390 g/mol. The van der Waals surface area contributed by atoms with Gasteiger partial charge in [-0.3, -0.25) is 14.9 Å². The van der Waals surface area contributed by atoms with Gasteiger partial charge in [0.05, 0.1) is 35.1 Å². The van der Waals surface area contributed by atoms with Gasteiger partial charge >= 0.3 is 0 Å². The van der Waals surface area contributed by atoms with E-state index in [1.54, 1.807) is 0 Å². The molecule has 0 atom stereocenters. The minimum absolute atomic E-state index is 0.101. The predicted molar refractivity (Wildman–Crippen MR) is 115 cm³/mol. The van der Waals surface area contributed by atoms with Crippen molar-refractivity contribution >= 4 is 39.9 Å². The number of pyridine rings is 1. The van der Waals surface area contributed by atoms with E-state index in [1.807, 2.05) is 13.8 Å². The third-order valence-electron chi connectivity index (χ3n) is 4.41. The fourth-order valence-corrected chi connectivity index (χ4v) is 3.89. The maximum atomic E-state index is 12.4. The van der Waals surface area contributed by atoms with Crippen LogP contribution in [0.1, 0.15) is 16.7 Å². The standard InChI is InChI=1S/C21H21N3O4S/c1-12-7-13(2)20-15(8-12)9-14(3)21(23-20)29-11-19(25)22-17-6-5-16(24(26)27)10-18(17)28-4/h5-10H,11H2,1-4H3,(H,22,25). The van der Waals surface area contributed by atoms with Crippen molar-refractivity contribution in [1.29, 1.82) is 0 Å². The van der Waals surface area contributed by atoms with Crippen molar-refractivity contribution in [2.24, 2.45) is 0 Å². The van der Waals surface area contributed by atoms with Gasteiger partial charge in [-0.2, -0.15) is 0 Å². The van der Waals surface area contributed by atoms with Crippen molar-refractivity contribution in [3.8, 4) is 5.75 Å². The second kappa shape index (κ2) is 8.48. The number of anilines is 1. The van der Waals surface area contributed by atoms with Crippen LogP contribution >= 0.6 is 11.8 Å². The molecule has 0 saturated carbocycles. The Bertz CT molecular complexity index is 1110. The Labute approximate surface area is 172 Å². The second-order valence-electron chi connectivity index (χ2n) is 6.74. The summed E-state index contributed by atoms with van der Waals surface area (Å²) >= 11 is 1.35. The Kier molecular flexibility index (Phi) is 6.03. The molecule has 150 valence electrons. The second-order valence-corrected chi connectivity index (χ2v) is 7.71.